The van der Waals surface area contributed by atoms with E-state index in [0.717, 1.165) is 16.8 Å². The van der Waals surface area contributed by atoms with Crippen LogP contribution in [-0.2, 0) is 9.59 Å². The Bertz CT molecular complexity index is 1010. The van der Waals surface area contributed by atoms with Crippen molar-refractivity contribution >= 4 is 17.4 Å². The average Bonchev–Trinajstić information content (AvgIpc) is 2.67. The van der Waals surface area contributed by atoms with Crippen LogP contribution in [0.1, 0.15) is 50.2 Å². The van der Waals surface area contributed by atoms with Gasteiger partial charge in [0.25, 0.3) is 0 Å². The van der Waals surface area contributed by atoms with Gasteiger partial charge in [0.2, 0.25) is 5.91 Å². The summed E-state index contributed by atoms with van der Waals surface area (Å²) in [4.78, 5) is 28.1. The number of nitrogens with zero attached hydrogens (tertiary/aromatic N) is 2. The van der Waals surface area contributed by atoms with Gasteiger partial charge in [-0.3, -0.25) is 14.5 Å². The highest BCUT2D eigenvalue weighted by Gasteiger charge is 2.44. The number of benzene rings is 2. The molecule has 2 aromatic rings. The SMILES string of the molecule is CC1(C)CC(=O)C2=C(C1)N(c1ccc(C#N)cc1)C(=O)CC2c1ccccc1. The van der Waals surface area contributed by atoms with Crippen LogP contribution < -0.4 is 4.90 Å². The number of carbonyl (C=O) groups is 2. The molecule has 1 heterocycles. The Morgan fingerprint density at radius 3 is 2.32 bits per heavy atom. The number of ketones is 1. The van der Waals surface area contributed by atoms with Gasteiger partial charge in [-0.05, 0) is 41.7 Å². The largest absolute Gasteiger partial charge is 0.294 e. The summed E-state index contributed by atoms with van der Waals surface area (Å²) in [6.07, 6.45) is 1.43. The van der Waals surface area contributed by atoms with Crippen molar-refractivity contribution < 1.29 is 9.59 Å². The third-order valence-corrected chi connectivity index (χ3v) is 5.60. The molecule has 0 spiro atoms. The number of allylic oxidation sites excluding steroid dienone is 2. The van der Waals surface area contributed by atoms with Crippen molar-refractivity contribution in [2.45, 2.75) is 39.0 Å². The van der Waals surface area contributed by atoms with Gasteiger partial charge >= 0.3 is 0 Å². The standard InChI is InChI=1S/C24H22N2O2/c1-24(2)13-20-23(21(27)14-24)19(17-6-4-3-5-7-17)12-22(28)26(20)18-10-8-16(15-25)9-11-18/h3-11,19H,12-14H2,1-2H3. The maximum atomic E-state index is 13.2. The van der Waals surface area contributed by atoms with Crippen molar-refractivity contribution in [2.24, 2.45) is 5.41 Å². The van der Waals surface area contributed by atoms with Crippen LogP contribution >= 0.6 is 0 Å². The highest BCUT2D eigenvalue weighted by Crippen LogP contribution is 2.48. The summed E-state index contributed by atoms with van der Waals surface area (Å²) in [7, 11) is 0. The van der Waals surface area contributed by atoms with Crippen LogP contribution in [0.5, 0.6) is 0 Å². The van der Waals surface area contributed by atoms with Crippen LogP contribution in [0.2, 0.25) is 0 Å². The zero-order valence-electron chi connectivity index (χ0n) is 16.1. The molecule has 4 heteroatoms. The summed E-state index contributed by atoms with van der Waals surface area (Å²) in [6, 6.07) is 18.9. The van der Waals surface area contributed by atoms with Gasteiger partial charge in [0.05, 0.1) is 11.6 Å². The smallest absolute Gasteiger partial charge is 0.232 e. The van der Waals surface area contributed by atoms with Gasteiger partial charge in [-0.1, -0.05) is 44.2 Å². The van der Waals surface area contributed by atoms with Gasteiger partial charge in [0.1, 0.15) is 0 Å². The molecule has 4 nitrogen and oxygen atoms in total. The molecule has 140 valence electrons. The summed E-state index contributed by atoms with van der Waals surface area (Å²) in [5.74, 6) is -0.0732. The van der Waals surface area contributed by atoms with E-state index in [-0.39, 0.29) is 29.4 Å². The number of rotatable bonds is 2. The van der Waals surface area contributed by atoms with E-state index in [4.69, 9.17) is 5.26 Å². The van der Waals surface area contributed by atoms with E-state index >= 15 is 0 Å². The zero-order valence-corrected chi connectivity index (χ0v) is 16.1. The van der Waals surface area contributed by atoms with Crippen molar-refractivity contribution in [1.82, 2.24) is 0 Å². The number of carbonyl (C=O) groups excluding carboxylic acids is 2. The van der Waals surface area contributed by atoms with E-state index in [0.29, 0.717) is 24.1 Å². The maximum Gasteiger partial charge on any atom is 0.232 e. The quantitative estimate of drug-likeness (QED) is 0.768. The molecule has 0 saturated carbocycles. The van der Waals surface area contributed by atoms with Crippen LogP contribution in [0.3, 0.4) is 0 Å². The van der Waals surface area contributed by atoms with E-state index in [9.17, 15) is 9.59 Å². The van der Waals surface area contributed by atoms with Crippen molar-refractivity contribution in [3.05, 3.63) is 77.0 Å². The fourth-order valence-corrected chi connectivity index (χ4v) is 4.37. The first-order valence-electron chi connectivity index (χ1n) is 9.54. The van der Waals surface area contributed by atoms with E-state index in [1.54, 1.807) is 29.2 Å². The molecule has 0 saturated heterocycles. The van der Waals surface area contributed by atoms with Gasteiger partial charge in [0.15, 0.2) is 5.78 Å². The summed E-state index contributed by atoms with van der Waals surface area (Å²) in [5.41, 5.74) is 3.67. The van der Waals surface area contributed by atoms with Crippen molar-refractivity contribution in [2.75, 3.05) is 4.90 Å². The Labute approximate surface area is 165 Å². The first-order chi connectivity index (χ1) is 13.4. The number of hydrogen-bond acceptors (Lipinski definition) is 3. The van der Waals surface area contributed by atoms with Gasteiger partial charge in [-0.25, -0.2) is 0 Å². The Kier molecular flexibility index (Phi) is 4.39. The highest BCUT2D eigenvalue weighted by atomic mass is 16.2. The third-order valence-electron chi connectivity index (χ3n) is 5.60. The second-order valence-electron chi connectivity index (χ2n) is 8.36. The normalized spacial score (nSPS) is 21.3. The average molecular weight is 370 g/mol. The number of anilines is 1. The molecule has 0 fully saturated rings. The summed E-state index contributed by atoms with van der Waals surface area (Å²) >= 11 is 0. The molecule has 0 radical (unpaired) electrons. The molecule has 0 bridgehead atoms. The second-order valence-corrected chi connectivity index (χ2v) is 8.36. The predicted molar refractivity (Wildman–Crippen MR) is 107 cm³/mol. The molecule has 1 unspecified atom stereocenters. The predicted octanol–water partition coefficient (Wildman–Crippen LogP) is 4.72. The molecule has 0 N–H and O–H groups in total. The first-order valence-corrected chi connectivity index (χ1v) is 9.54. The Morgan fingerprint density at radius 1 is 1.00 bits per heavy atom. The summed E-state index contributed by atoms with van der Waals surface area (Å²) in [5, 5.41) is 9.06. The van der Waals surface area contributed by atoms with E-state index in [1.165, 1.54) is 0 Å². The lowest BCUT2D eigenvalue weighted by Gasteiger charge is -2.43. The topological polar surface area (TPSA) is 61.2 Å². The monoisotopic (exact) mass is 370 g/mol. The fraction of sp³-hybridized carbons (Fsp3) is 0.292. The number of nitriles is 1. The molecule has 1 aliphatic carbocycles. The van der Waals surface area contributed by atoms with Gasteiger partial charge < -0.3 is 0 Å². The van der Waals surface area contributed by atoms with Gasteiger partial charge in [-0.2, -0.15) is 5.26 Å². The molecule has 4 rings (SSSR count). The van der Waals surface area contributed by atoms with Crippen LogP contribution in [0.4, 0.5) is 5.69 Å². The summed E-state index contributed by atoms with van der Waals surface area (Å²) in [6.45, 7) is 4.14. The van der Waals surface area contributed by atoms with Crippen molar-refractivity contribution in [3.63, 3.8) is 0 Å². The molecule has 2 aliphatic rings. The van der Waals surface area contributed by atoms with Crippen molar-refractivity contribution in [3.8, 4) is 6.07 Å². The molecular weight excluding hydrogens is 348 g/mol. The molecular formula is C24H22N2O2. The van der Waals surface area contributed by atoms with Crippen LogP contribution in [0, 0.1) is 16.7 Å². The molecule has 0 aromatic heterocycles. The lowest BCUT2D eigenvalue weighted by atomic mass is 9.69. The van der Waals surface area contributed by atoms with Gasteiger partial charge in [-0.15, -0.1) is 0 Å². The summed E-state index contributed by atoms with van der Waals surface area (Å²) < 4.78 is 0. The molecule has 1 amide bonds. The van der Waals surface area contributed by atoms with Crippen LogP contribution in [0.25, 0.3) is 0 Å². The van der Waals surface area contributed by atoms with E-state index in [1.807, 2.05) is 30.3 Å². The molecule has 2 aromatic carbocycles. The minimum Gasteiger partial charge on any atom is -0.294 e. The second kappa shape index (κ2) is 6.76. The molecule has 28 heavy (non-hydrogen) atoms. The maximum absolute atomic E-state index is 13.2. The lowest BCUT2D eigenvalue weighted by molar-refractivity contribution is -0.121. The number of Topliss-reactive ketones (excluding diaryl/α,β-unsaturated/α-hetero) is 1. The Hall–Kier alpha value is -3.19. The zero-order chi connectivity index (χ0) is 19.9. The number of amides is 1. The Balaban J connectivity index is 1.88. The minimum atomic E-state index is -0.195. The van der Waals surface area contributed by atoms with Gasteiger partial charge in [0, 0.05) is 35.7 Å². The van der Waals surface area contributed by atoms with Crippen molar-refractivity contribution in [1.29, 1.82) is 5.26 Å². The van der Waals surface area contributed by atoms with E-state index < -0.39 is 0 Å². The molecule has 1 aliphatic heterocycles. The number of hydrogen-bond donors (Lipinski definition) is 0. The minimum absolute atomic E-state index is 0.0113. The third kappa shape index (κ3) is 3.14. The Morgan fingerprint density at radius 2 is 1.68 bits per heavy atom. The lowest BCUT2D eigenvalue weighted by Crippen LogP contribution is -2.43. The van der Waals surface area contributed by atoms with E-state index in [2.05, 4.69) is 19.9 Å². The fourth-order valence-electron chi connectivity index (χ4n) is 4.37. The van der Waals surface area contributed by atoms with Crippen LogP contribution in [0.15, 0.2) is 65.9 Å². The first kappa shape index (κ1) is 18.2. The molecule has 1 atom stereocenters. The highest BCUT2D eigenvalue weighted by molar-refractivity contribution is 6.07. The van der Waals surface area contributed by atoms with Crippen LogP contribution in [-0.4, -0.2) is 11.7 Å².